The molecule has 4 heteroatoms. The molecule has 0 heterocycles. The van der Waals surface area contributed by atoms with Crippen LogP contribution in [0.1, 0.15) is 38.7 Å². The largest absolute Gasteiger partial charge is 0.354 e. The molecule has 0 aliphatic rings. The van der Waals surface area contributed by atoms with Crippen LogP contribution in [0.15, 0.2) is 29.2 Å². The molecule has 1 aromatic rings. The lowest BCUT2D eigenvalue weighted by atomic mass is 10.0. The van der Waals surface area contributed by atoms with Crippen LogP contribution in [-0.2, 0) is 4.79 Å². The van der Waals surface area contributed by atoms with Gasteiger partial charge in [0.1, 0.15) is 0 Å². The molecule has 0 fully saturated rings. The first kappa shape index (κ1) is 17.1. The van der Waals surface area contributed by atoms with Gasteiger partial charge in [0, 0.05) is 18.0 Å². The molecule has 0 radical (unpaired) electrons. The van der Waals surface area contributed by atoms with E-state index < -0.39 is 0 Å². The van der Waals surface area contributed by atoms with Crippen LogP contribution < -0.4 is 10.6 Å². The Kier molecular flexibility index (Phi) is 8.38. The van der Waals surface area contributed by atoms with Gasteiger partial charge in [0.15, 0.2) is 0 Å². The number of carbonyl (C=O) groups is 1. The predicted octanol–water partition coefficient (Wildman–Crippen LogP) is 3.02. The maximum atomic E-state index is 11.7. The Balaban J connectivity index is 2.20. The molecule has 112 valence electrons. The molecule has 0 saturated carbocycles. The molecule has 0 aromatic heterocycles. The molecule has 0 atom stereocenters. The summed E-state index contributed by atoms with van der Waals surface area (Å²) in [5, 5.41) is 6.18. The second kappa shape index (κ2) is 9.83. The fraction of sp³-hybridized carbons (Fsp3) is 0.562. The van der Waals surface area contributed by atoms with E-state index in [0.29, 0.717) is 18.2 Å². The van der Waals surface area contributed by atoms with Crippen molar-refractivity contribution in [2.24, 2.45) is 0 Å². The minimum Gasteiger partial charge on any atom is -0.354 e. The van der Waals surface area contributed by atoms with E-state index >= 15 is 0 Å². The lowest BCUT2D eigenvalue weighted by molar-refractivity contribution is -0.118. The fourth-order valence-electron chi connectivity index (χ4n) is 1.74. The highest BCUT2D eigenvalue weighted by atomic mass is 32.2. The van der Waals surface area contributed by atoms with Crippen LogP contribution in [0.5, 0.6) is 0 Å². The van der Waals surface area contributed by atoms with Gasteiger partial charge in [-0.15, -0.1) is 11.8 Å². The Hall–Kier alpha value is -1.00. The minimum absolute atomic E-state index is 0.0984. The van der Waals surface area contributed by atoms with Gasteiger partial charge < -0.3 is 10.6 Å². The molecular weight excluding hydrogens is 268 g/mol. The van der Waals surface area contributed by atoms with Gasteiger partial charge in [0.2, 0.25) is 5.91 Å². The highest BCUT2D eigenvalue weighted by Gasteiger charge is 2.03. The van der Waals surface area contributed by atoms with E-state index in [1.807, 2.05) is 0 Å². The molecule has 20 heavy (non-hydrogen) atoms. The molecule has 3 nitrogen and oxygen atoms in total. The summed E-state index contributed by atoms with van der Waals surface area (Å²) in [6.45, 7) is 9.04. The summed E-state index contributed by atoms with van der Waals surface area (Å²) < 4.78 is 0. The van der Waals surface area contributed by atoms with Crippen molar-refractivity contribution >= 4 is 17.7 Å². The Labute approximate surface area is 126 Å². The average Bonchev–Trinajstić information content (AvgIpc) is 2.45. The van der Waals surface area contributed by atoms with Gasteiger partial charge in [0.25, 0.3) is 0 Å². The van der Waals surface area contributed by atoms with Crippen LogP contribution in [0.2, 0.25) is 0 Å². The predicted molar refractivity (Wildman–Crippen MR) is 87.4 cm³/mol. The van der Waals surface area contributed by atoms with E-state index in [-0.39, 0.29) is 5.91 Å². The van der Waals surface area contributed by atoms with E-state index in [4.69, 9.17) is 0 Å². The van der Waals surface area contributed by atoms with E-state index in [2.05, 4.69) is 55.7 Å². The van der Waals surface area contributed by atoms with Gasteiger partial charge >= 0.3 is 0 Å². The van der Waals surface area contributed by atoms with Crippen LogP contribution in [0, 0.1) is 0 Å². The molecule has 0 saturated heterocycles. The second-order valence-corrected chi connectivity index (χ2v) is 6.16. The Bertz CT molecular complexity index is 390. The van der Waals surface area contributed by atoms with Gasteiger partial charge in [-0.1, -0.05) is 32.9 Å². The van der Waals surface area contributed by atoms with Crippen LogP contribution in [0.4, 0.5) is 0 Å². The number of amides is 1. The molecule has 0 aliphatic heterocycles. The maximum absolute atomic E-state index is 11.7. The molecule has 2 N–H and O–H groups in total. The summed E-state index contributed by atoms with van der Waals surface area (Å²) in [5.74, 6) is 1.13. The van der Waals surface area contributed by atoms with Gasteiger partial charge in [0.05, 0.1) is 5.75 Å². The molecule has 0 spiro atoms. The Morgan fingerprint density at radius 3 is 2.45 bits per heavy atom. The third kappa shape index (κ3) is 6.96. The smallest absolute Gasteiger partial charge is 0.230 e. The highest BCUT2D eigenvalue weighted by molar-refractivity contribution is 8.00. The fourth-order valence-corrected chi connectivity index (χ4v) is 2.47. The molecule has 0 unspecified atom stereocenters. The lowest BCUT2D eigenvalue weighted by Crippen LogP contribution is -2.33. The monoisotopic (exact) mass is 294 g/mol. The van der Waals surface area contributed by atoms with E-state index in [1.165, 1.54) is 5.56 Å². The number of nitrogens with one attached hydrogen (secondary N) is 2. The van der Waals surface area contributed by atoms with Crippen molar-refractivity contribution in [3.63, 3.8) is 0 Å². The summed E-state index contributed by atoms with van der Waals surface area (Å²) in [7, 11) is 0. The van der Waals surface area contributed by atoms with Crippen LogP contribution in [-0.4, -0.2) is 31.3 Å². The van der Waals surface area contributed by atoms with Crippen molar-refractivity contribution in [3.05, 3.63) is 29.8 Å². The van der Waals surface area contributed by atoms with Crippen molar-refractivity contribution in [2.45, 2.75) is 38.0 Å². The molecule has 1 aromatic carbocycles. The summed E-state index contributed by atoms with van der Waals surface area (Å²) >= 11 is 1.58. The number of benzene rings is 1. The van der Waals surface area contributed by atoms with Gasteiger partial charge in [-0.3, -0.25) is 4.79 Å². The maximum Gasteiger partial charge on any atom is 0.230 e. The van der Waals surface area contributed by atoms with Crippen molar-refractivity contribution in [2.75, 3.05) is 25.4 Å². The van der Waals surface area contributed by atoms with Gasteiger partial charge in [-0.05, 0) is 36.6 Å². The van der Waals surface area contributed by atoms with Crippen molar-refractivity contribution in [1.82, 2.24) is 10.6 Å². The first-order chi connectivity index (χ1) is 9.63. The summed E-state index contributed by atoms with van der Waals surface area (Å²) in [5.41, 5.74) is 1.33. The number of hydrogen-bond acceptors (Lipinski definition) is 3. The average molecular weight is 294 g/mol. The van der Waals surface area contributed by atoms with Crippen molar-refractivity contribution in [3.8, 4) is 0 Å². The molecular formula is C16H26N2OS. The third-order valence-electron chi connectivity index (χ3n) is 2.97. The third-order valence-corrected chi connectivity index (χ3v) is 3.98. The zero-order valence-electron chi connectivity index (χ0n) is 12.7. The zero-order valence-corrected chi connectivity index (χ0v) is 13.6. The van der Waals surface area contributed by atoms with Crippen LogP contribution >= 0.6 is 11.8 Å². The molecule has 1 amide bonds. The molecule has 1 rings (SSSR count). The quantitative estimate of drug-likeness (QED) is 0.543. The van der Waals surface area contributed by atoms with Gasteiger partial charge in [-0.25, -0.2) is 0 Å². The SMILES string of the molecule is CCCNCCNC(=O)CSc1ccc(C(C)C)cc1. The number of thioether (sulfide) groups is 1. The second-order valence-electron chi connectivity index (χ2n) is 5.11. The highest BCUT2D eigenvalue weighted by Crippen LogP contribution is 2.21. The van der Waals surface area contributed by atoms with E-state index in [1.54, 1.807) is 11.8 Å². The molecule has 0 bridgehead atoms. The standard InChI is InChI=1S/C16H26N2OS/c1-4-9-17-10-11-18-16(19)12-20-15-7-5-14(6-8-15)13(2)3/h5-8,13,17H,4,9-12H2,1-3H3,(H,18,19). The number of carbonyl (C=O) groups excluding carboxylic acids is 1. The normalized spacial score (nSPS) is 10.8. The first-order valence-corrected chi connectivity index (χ1v) is 8.32. The van der Waals surface area contributed by atoms with Crippen LogP contribution in [0.3, 0.4) is 0 Å². The van der Waals surface area contributed by atoms with E-state index in [9.17, 15) is 4.79 Å². The van der Waals surface area contributed by atoms with E-state index in [0.717, 1.165) is 24.4 Å². The summed E-state index contributed by atoms with van der Waals surface area (Å²) in [6, 6.07) is 8.46. The topological polar surface area (TPSA) is 41.1 Å². The number of rotatable bonds is 9. The first-order valence-electron chi connectivity index (χ1n) is 7.33. The molecule has 0 aliphatic carbocycles. The number of hydrogen-bond donors (Lipinski definition) is 2. The van der Waals surface area contributed by atoms with Crippen molar-refractivity contribution in [1.29, 1.82) is 0 Å². The van der Waals surface area contributed by atoms with Crippen LogP contribution in [0.25, 0.3) is 0 Å². The van der Waals surface area contributed by atoms with Gasteiger partial charge in [-0.2, -0.15) is 0 Å². The zero-order chi connectivity index (χ0) is 14.8. The minimum atomic E-state index is 0.0984. The summed E-state index contributed by atoms with van der Waals surface area (Å²) in [6.07, 6.45) is 1.12. The summed E-state index contributed by atoms with van der Waals surface area (Å²) in [4.78, 5) is 12.8. The Morgan fingerprint density at radius 2 is 1.85 bits per heavy atom. The van der Waals surface area contributed by atoms with Crippen molar-refractivity contribution < 1.29 is 4.79 Å². The Morgan fingerprint density at radius 1 is 1.15 bits per heavy atom. The lowest BCUT2D eigenvalue weighted by Gasteiger charge is -2.08.